The number of hydrogen-bond acceptors (Lipinski definition) is 4. The van der Waals surface area contributed by atoms with Gasteiger partial charge < -0.3 is 14.8 Å². The smallest absolute Gasteiger partial charge is 0.408 e. The van der Waals surface area contributed by atoms with E-state index in [-0.39, 0.29) is 13.2 Å². The van der Waals surface area contributed by atoms with Crippen molar-refractivity contribution in [1.82, 2.24) is 5.32 Å². The van der Waals surface area contributed by atoms with E-state index in [0.29, 0.717) is 0 Å². The van der Waals surface area contributed by atoms with Crippen LogP contribution in [0.15, 0.2) is 30.3 Å². The lowest BCUT2D eigenvalue weighted by Gasteiger charge is -2.22. The highest BCUT2D eigenvalue weighted by atomic mass is 19.1. The number of halogens is 1. The quantitative estimate of drug-likeness (QED) is 0.820. The van der Waals surface area contributed by atoms with Gasteiger partial charge in [-0.25, -0.2) is 4.79 Å². The Morgan fingerprint density at radius 3 is 2.38 bits per heavy atom. The van der Waals surface area contributed by atoms with Crippen LogP contribution in [0.1, 0.15) is 26.3 Å². The Morgan fingerprint density at radius 1 is 1.24 bits per heavy atom. The van der Waals surface area contributed by atoms with Crippen LogP contribution in [0.5, 0.6) is 0 Å². The zero-order chi connectivity index (χ0) is 15.9. The summed E-state index contributed by atoms with van der Waals surface area (Å²) < 4.78 is 23.1. The van der Waals surface area contributed by atoms with Gasteiger partial charge in [-0.1, -0.05) is 30.3 Å². The Morgan fingerprint density at radius 2 is 1.86 bits per heavy atom. The summed E-state index contributed by atoms with van der Waals surface area (Å²) in [5.41, 5.74) is 0.255. The molecule has 0 bridgehead atoms. The lowest BCUT2D eigenvalue weighted by molar-refractivity contribution is -0.134. The number of hydrogen-bond donors (Lipinski definition) is 1. The molecule has 1 amide bonds. The summed E-state index contributed by atoms with van der Waals surface area (Å²) in [5, 5.41) is 2.15. The van der Waals surface area contributed by atoms with Crippen molar-refractivity contribution in [2.24, 2.45) is 0 Å². The fourth-order valence-electron chi connectivity index (χ4n) is 1.40. The van der Waals surface area contributed by atoms with Crippen molar-refractivity contribution in [3.63, 3.8) is 0 Å². The fourth-order valence-corrected chi connectivity index (χ4v) is 1.40. The van der Waals surface area contributed by atoms with E-state index in [1.807, 2.05) is 18.2 Å². The van der Waals surface area contributed by atoms with Crippen LogP contribution in [0.4, 0.5) is 9.18 Å². The van der Waals surface area contributed by atoms with Crippen LogP contribution >= 0.6 is 0 Å². The van der Waals surface area contributed by atoms with Crippen LogP contribution in [0, 0.1) is 0 Å². The number of benzene rings is 1. The van der Waals surface area contributed by atoms with Gasteiger partial charge in [0.2, 0.25) is 0 Å². The second-order valence-corrected chi connectivity index (χ2v) is 5.49. The Balaban J connectivity index is 2.43. The Hall–Kier alpha value is -1.95. The molecule has 0 fully saturated rings. The molecule has 5 nitrogen and oxygen atoms in total. The SMILES string of the molecule is CC(C)(C)OC[C@H](NC(=O)OCc1ccccc1)C(=O)F. The number of amides is 1. The molecule has 0 radical (unpaired) electrons. The van der Waals surface area contributed by atoms with Crippen molar-refractivity contribution in [1.29, 1.82) is 0 Å². The second kappa shape index (κ2) is 7.73. The van der Waals surface area contributed by atoms with Crippen LogP contribution < -0.4 is 5.32 Å². The molecule has 1 aromatic rings. The first-order valence-corrected chi connectivity index (χ1v) is 6.58. The molecule has 0 saturated heterocycles. The predicted molar refractivity (Wildman–Crippen MR) is 75.4 cm³/mol. The molecule has 116 valence electrons. The molecular weight excluding hydrogens is 277 g/mol. The summed E-state index contributed by atoms with van der Waals surface area (Å²) in [5.74, 6) is 0. The lowest BCUT2D eigenvalue weighted by atomic mass is 10.2. The Bertz CT molecular complexity index is 470. The molecule has 1 rings (SSSR count). The van der Waals surface area contributed by atoms with Gasteiger partial charge >= 0.3 is 12.1 Å². The van der Waals surface area contributed by atoms with Crippen LogP contribution in [-0.2, 0) is 20.9 Å². The van der Waals surface area contributed by atoms with Gasteiger partial charge in [0, 0.05) is 0 Å². The van der Waals surface area contributed by atoms with Gasteiger partial charge in [-0.05, 0) is 26.3 Å². The van der Waals surface area contributed by atoms with E-state index in [1.54, 1.807) is 32.9 Å². The molecule has 0 unspecified atom stereocenters. The number of alkyl carbamates (subject to hydrolysis) is 1. The summed E-state index contributed by atoms with van der Waals surface area (Å²) in [6.07, 6.45) is -0.868. The first-order chi connectivity index (χ1) is 9.78. The Labute approximate surface area is 123 Å². The second-order valence-electron chi connectivity index (χ2n) is 5.49. The molecule has 6 heteroatoms. The molecule has 1 N–H and O–H groups in total. The van der Waals surface area contributed by atoms with Crippen LogP contribution in [0.3, 0.4) is 0 Å². The minimum Gasteiger partial charge on any atom is -0.445 e. The molecular formula is C15H20FNO4. The van der Waals surface area contributed by atoms with Crippen LogP contribution in [-0.4, -0.2) is 30.4 Å². The number of carbonyl (C=O) groups excluding carboxylic acids is 2. The van der Waals surface area contributed by atoms with Gasteiger partial charge in [-0.2, -0.15) is 4.39 Å². The topological polar surface area (TPSA) is 64.6 Å². The van der Waals surface area contributed by atoms with Gasteiger partial charge in [0.25, 0.3) is 0 Å². The van der Waals surface area contributed by atoms with Gasteiger partial charge in [0.05, 0.1) is 12.2 Å². The molecule has 0 aliphatic heterocycles. The lowest BCUT2D eigenvalue weighted by Crippen LogP contribution is -2.44. The number of nitrogens with one attached hydrogen (secondary N) is 1. The van der Waals surface area contributed by atoms with Crippen molar-refractivity contribution in [3.05, 3.63) is 35.9 Å². The third-order valence-electron chi connectivity index (χ3n) is 2.46. The van der Waals surface area contributed by atoms with Crippen LogP contribution in [0.25, 0.3) is 0 Å². The fraction of sp³-hybridized carbons (Fsp3) is 0.467. The highest BCUT2D eigenvalue weighted by molar-refractivity contribution is 5.80. The maximum atomic E-state index is 12.9. The third-order valence-corrected chi connectivity index (χ3v) is 2.46. The van der Waals surface area contributed by atoms with E-state index in [2.05, 4.69) is 5.32 Å². The summed E-state index contributed by atoms with van der Waals surface area (Å²) in [7, 11) is 0. The van der Waals surface area contributed by atoms with Crippen molar-refractivity contribution in [2.45, 2.75) is 39.0 Å². The summed E-state index contributed by atoms with van der Waals surface area (Å²) in [6, 6.07) is 5.99. The van der Waals surface area contributed by atoms with Crippen molar-refractivity contribution < 1.29 is 23.5 Å². The minimum absolute atomic E-state index is 0.0417. The monoisotopic (exact) mass is 297 g/mol. The normalized spacial score (nSPS) is 12.6. The van der Waals surface area contributed by atoms with E-state index >= 15 is 0 Å². The van der Waals surface area contributed by atoms with Gasteiger partial charge in [0.1, 0.15) is 12.6 Å². The zero-order valence-electron chi connectivity index (χ0n) is 12.4. The summed E-state index contributed by atoms with van der Waals surface area (Å²) >= 11 is 0. The molecule has 0 saturated carbocycles. The first-order valence-electron chi connectivity index (χ1n) is 6.58. The standard InChI is InChI=1S/C15H20FNO4/c1-15(2,3)21-10-12(13(16)18)17-14(19)20-9-11-7-5-4-6-8-11/h4-8,12H,9-10H2,1-3H3,(H,17,19)/t12-/m0/s1. The van der Waals surface area contributed by atoms with E-state index in [4.69, 9.17) is 9.47 Å². The minimum atomic E-state index is -1.67. The molecule has 0 aromatic heterocycles. The largest absolute Gasteiger partial charge is 0.445 e. The summed E-state index contributed by atoms with van der Waals surface area (Å²) in [4.78, 5) is 22.4. The van der Waals surface area contributed by atoms with Crippen LogP contribution in [0.2, 0.25) is 0 Å². The zero-order valence-corrected chi connectivity index (χ0v) is 12.4. The van der Waals surface area contributed by atoms with Gasteiger partial charge in [0.15, 0.2) is 0 Å². The maximum Gasteiger partial charge on any atom is 0.408 e. The van der Waals surface area contributed by atoms with Gasteiger partial charge in [-0.3, -0.25) is 4.79 Å². The number of ether oxygens (including phenoxy) is 2. The molecule has 0 heterocycles. The van der Waals surface area contributed by atoms with E-state index in [9.17, 15) is 14.0 Å². The number of rotatable bonds is 6. The molecule has 1 atom stereocenters. The molecule has 0 aliphatic carbocycles. The average Bonchev–Trinajstić information content (AvgIpc) is 2.41. The van der Waals surface area contributed by atoms with Crippen molar-refractivity contribution >= 4 is 12.1 Å². The van der Waals surface area contributed by atoms with Crippen molar-refractivity contribution in [3.8, 4) is 0 Å². The Kier molecular flexibility index (Phi) is 6.30. The van der Waals surface area contributed by atoms with E-state index in [1.165, 1.54) is 0 Å². The number of carbonyl (C=O) groups is 2. The predicted octanol–water partition coefficient (Wildman–Crippen LogP) is 2.59. The van der Waals surface area contributed by atoms with Crippen molar-refractivity contribution in [2.75, 3.05) is 6.61 Å². The first kappa shape index (κ1) is 17.1. The van der Waals surface area contributed by atoms with E-state index < -0.39 is 23.8 Å². The van der Waals surface area contributed by atoms with Gasteiger partial charge in [-0.15, -0.1) is 0 Å². The molecule has 1 aromatic carbocycles. The third kappa shape index (κ3) is 7.41. The van der Waals surface area contributed by atoms with E-state index in [0.717, 1.165) is 5.56 Å². The summed E-state index contributed by atoms with van der Waals surface area (Å²) in [6.45, 7) is 5.08. The highest BCUT2D eigenvalue weighted by Crippen LogP contribution is 2.08. The highest BCUT2D eigenvalue weighted by Gasteiger charge is 2.24. The molecule has 0 aliphatic rings. The molecule has 21 heavy (non-hydrogen) atoms. The average molecular weight is 297 g/mol. The maximum absolute atomic E-state index is 12.9. The molecule has 0 spiro atoms.